The Hall–Kier alpha value is -3.37. The number of rotatable bonds is 10. The summed E-state index contributed by atoms with van der Waals surface area (Å²) in [6.45, 7) is 3.12. The number of nitrogens with zero attached hydrogens (tertiary/aromatic N) is 3. The van der Waals surface area contributed by atoms with Crippen molar-refractivity contribution in [1.82, 2.24) is 9.80 Å². The zero-order chi connectivity index (χ0) is 26.2. The van der Waals surface area contributed by atoms with E-state index in [4.69, 9.17) is 28.5 Å². The molecule has 3 aromatic rings. The fraction of sp³-hybridized carbons (Fsp3) is 0.276. The van der Waals surface area contributed by atoms with E-state index in [0.29, 0.717) is 47.2 Å². The predicted octanol–water partition coefficient (Wildman–Crippen LogP) is 5.64. The smallest absolute Gasteiger partial charge is 0.243 e. The lowest BCUT2D eigenvalue weighted by molar-refractivity contribution is -0.135. The van der Waals surface area contributed by atoms with Gasteiger partial charge in [0.15, 0.2) is 0 Å². The third-order valence-electron chi connectivity index (χ3n) is 6.37. The molecule has 0 unspecified atom stereocenters. The molecule has 0 aromatic heterocycles. The normalized spacial score (nSPS) is 12.9. The van der Waals surface area contributed by atoms with Gasteiger partial charge in [-0.1, -0.05) is 59.6 Å². The van der Waals surface area contributed by atoms with Gasteiger partial charge in [-0.3, -0.25) is 9.59 Å². The molecule has 190 valence electrons. The summed E-state index contributed by atoms with van der Waals surface area (Å²) < 4.78 is 0. The number of amides is 2. The Bertz CT molecular complexity index is 1280. The first-order valence-electron chi connectivity index (χ1n) is 12.3. The second-order valence-electron chi connectivity index (χ2n) is 9.11. The summed E-state index contributed by atoms with van der Waals surface area (Å²) in [5.41, 5.74) is 4.16. The number of carbonyl (C=O) groups excluding carboxylic acids is 2. The van der Waals surface area contributed by atoms with Crippen molar-refractivity contribution in [3.8, 4) is 17.2 Å². The molecular weight excluding hydrogens is 507 g/mol. The van der Waals surface area contributed by atoms with E-state index >= 15 is 0 Å². The first-order chi connectivity index (χ1) is 17.9. The second-order valence-corrected chi connectivity index (χ2v) is 9.98. The van der Waals surface area contributed by atoms with Gasteiger partial charge in [-0.2, -0.15) is 5.26 Å². The topological polar surface area (TPSA) is 76.4 Å². The van der Waals surface area contributed by atoms with Crippen molar-refractivity contribution >= 4 is 40.7 Å². The average molecular weight is 535 g/mol. The van der Waals surface area contributed by atoms with E-state index in [1.807, 2.05) is 42.5 Å². The van der Waals surface area contributed by atoms with Gasteiger partial charge in [-0.25, -0.2) is 0 Å². The number of hydrogen-bond acceptors (Lipinski definition) is 4. The molecule has 0 aliphatic carbocycles. The molecule has 37 heavy (non-hydrogen) atoms. The van der Waals surface area contributed by atoms with Crippen LogP contribution in [0, 0.1) is 11.3 Å². The van der Waals surface area contributed by atoms with E-state index in [9.17, 15) is 9.59 Å². The van der Waals surface area contributed by atoms with Crippen molar-refractivity contribution in [1.29, 1.82) is 5.26 Å². The van der Waals surface area contributed by atoms with Crippen molar-refractivity contribution in [2.75, 3.05) is 38.0 Å². The first kappa shape index (κ1) is 26.7. The Labute approximate surface area is 227 Å². The quantitative estimate of drug-likeness (QED) is 0.365. The largest absolute Gasteiger partial charge is 0.333 e. The highest BCUT2D eigenvalue weighted by atomic mass is 35.5. The van der Waals surface area contributed by atoms with Crippen LogP contribution in [0.5, 0.6) is 0 Å². The van der Waals surface area contributed by atoms with Crippen LogP contribution in [0.2, 0.25) is 10.0 Å². The fourth-order valence-electron chi connectivity index (χ4n) is 4.21. The molecule has 0 atom stereocenters. The van der Waals surface area contributed by atoms with E-state index in [1.165, 1.54) is 6.42 Å². The van der Waals surface area contributed by atoms with E-state index in [1.54, 1.807) is 29.2 Å². The minimum absolute atomic E-state index is 0.0453. The van der Waals surface area contributed by atoms with Crippen LogP contribution in [-0.4, -0.2) is 54.3 Å². The van der Waals surface area contributed by atoms with Crippen LogP contribution in [0.1, 0.15) is 24.0 Å². The van der Waals surface area contributed by atoms with Crippen LogP contribution in [0.25, 0.3) is 11.1 Å². The summed E-state index contributed by atoms with van der Waals surface area (Å²) in [4.78, 5) is 29.7. The summed E-state index contributed by atoms with van der Waals surface area (Å²) in [7, 11) is 0. The molecule has 0 spiro atoms. The third-order valence-corrected chi connectivity index (χ3v) is 6.81. The standard InChI is InChI=1S/C29H28Cl2N4O2/c30-25-16-26(31)18-27(17-25)33-28(36)20-35(29(37)10-13-34-11-2-12-34)14-9-21-5-7-23(8-6-21)24-4-1-3-22(15-24)19-32/h1,3-8,15-18H,2,9-14,20H2,(H,33,36). The Morgan fingerprint density at radius 3 is 2.35 bits per heavy atom. The monoisotopic (exact) mass is 534 g/mol. The van der Waals surface area contributed by atoms with E-state index in [-0.39, 0.29) is 18.4 Å². The number of anilines is 1. The predicted molar refractivity (Wildman–Crippen MR) is 148 cm³/mol. The molecule has 3 aromatic carbocycles. The zero-order valence-corrected chi connectivity index (χ0v) is 21.9. The van der Waals surface area contributed by atoms with Crippen molar-refractivity contribution in [3.63, 3.8) is 0 Å². The number of nitrogens with one attached hydrogen (secondary N) is 1. The molecule has 1 N–H and O–H groups in total. The van der Waals surface area contributed by atoms with E-state index in [0.717, 1.165) is 29.8 Å². The lowest BCUT2D eigenvalue weighted by Gasteiger charge is -2.31. The molecule has 0 saturated carbocycles. The SMILES string of the molecule is N#Cc1cccc(-c2ccc(CCN(CC(=O)Nc3cc(Cl)cc(Cl)c3)C(=O)CCN3CCC3)cc2)c1. The lowest BCUT2D eigenvalue weighted by atomic mass is 10.0. The second kappa shape index (κ2) is 12.7. The van der Waals surface area contributed by atoms with Crippen LogP contribution in [-0.2, 0) is 16.0 Å². The highest BCUT2D eigenvalue weighted by Crippen LogP contribution is 2.23. The molecule has 1 fully saturated rings. The van der Waals surface area contributed by atoms with Crippen LogP contribution >= 0.6 is 23.2 Å². The van der Waals surface area contributed by atoms with Gasteiger partial charge in [0.1, 0.15) is 0 Å². The Morgan fingerprint density at radius 1 is 0.973 bits per heavy atom. The number of carbonyl (C=O) groups is 2. The van der Waals surface area contributed by atoms with Gasteiger partial charge in [0.05, 0.1) is 18.2 Å². The molecule has 1 heterocycles. The van der Waals surface area contributed by atoms with Crippen molar-refractivity contribution in [2.45, 2.75) is 19.3 Å². The van der Waals surface area contributed by atoms with E-state index in [2.05, 4.69) is 16.3 Å². The van der Waals surface area contributed by atoms with Crippen molar-refractivity contribution in [3.05, 3.63) is 87.9 Å². The van der Waals surface area contributed by atoms with Gasteiger partial charge in [-0.15, -0.1) is 0 Å². The molecule has 8 heteroatoms. The minimum atomic E-state index is -0.302. The number of hydrogen-bond donors (Lipinski definition) is 1. The summed E-state index contributed by atoms with van der Waals surface area (Å²) >= 11 is 12.1. The summed E-state index contributed by atoms with van der Waals surface area (Å²) in [6, 6.07) is 22.5. The number of halogens is 2. The molecule has 4 rings (SSSR count). The van der Waals surface area contributed by atoms with Gasteiger partial charge in [-0.05, 0) is 73.0 Å². The first-order valence-corrected chi connectivity index (χ1v) is 13.0. The molecule has 2 amide bonds. The maximum Gasteiger partial charge on any atom is 0.243 e. The minimum Gasteiger partial charge on any atom is -0.333 e. The van der Waals surface area contributed by atoms with Crippen molar-refractivity contribution < 1.29 is 9.59 Å². The summed E-state index contributed by atoms with van der Waals surface area (Å²) in [5.74, 6) is -0.348. The third kappa shape index (κ3) is 7.80. The lowest BCUT2D eigenvalue weighted by Crippen LogP contribution is -2.43. The number of nitriles is 1. The molecule has 6 nitrogen and oxygen atoms in total. The molecule has 1 aliphatic heterocycles. The van der Waals surface area contributed by atoms with Crippen molar-refractivity contribution in [2.24, 2.45) is 0 Å². The van der Waals surface area contributed by atoms with Crippen LogP contribution in [0.4, 0.5) is 5.69 Å². The highest BCUT2D eigenvalue weighted by Gasteiger charge is 2.20. The molecule has 1 saturated heterocycles. The van der Waals surface area contributed by atoms with Gasteiger partial charge in [0.2, 0.25) is 11.8 Å². The Balaban J connectivity index is 1.40. The highest BCUT2D eigenvalue weighted by molar-refractivity contribution is 6.35. The summed E-state index contributed by atoms with van der Waals surface area (Å²) in [6.07, 6.45) is 2.16. The number of benzene rings is 3. The van der Waals surface area contributed by atoms with E-state index < -0.39 is 0 Å². The Morgan fingerprint density at radius 2 is 1.70 bits per heavy atom. The fourth-order valence-corrected chi connectivity index (χ4v) is 4.73. The molecule has 0 bridgehead atoms. The molecule has 1 aliphatic rings. The zero-order valence-electron chi connectivity index (χ0n) is 20.4. The van der Waals surface area contributed by atoms with Crippen LogP contribution < -0.4 is 5.32 Å². The van der Waals surface area contributed by atoms with Gasteiger partial charge >= 0.3 is 0 Å². The van der Waals surface area contributed by atoms with Gasteiger partial charge in [0, 0.05) is 35.2 Å². The maximum atomic E-state index is 13.1. The van der Waals surface area contributed by atoms with Gasteiger partial charge < -0.3 is 15.1 Å². The molecular formula is C29H28Cl2N4O2. The average Bonchev–Trinajstić information content (AvgIpc) is 2.85. The Kier molecular flexibility index (Phi) is 9.19. The summed E-state index contributed by atoms with van der Waals surface area (Å²) in [5, 5.41) is 12.8. The maximum absolute atomic E-state index is 13.1. The van der Waals surface area contributed by atoms with Crippen LogP contribution in [0.15, 0.2) is 66.7 Å². The van der Waals surface area contributed by atoms with Crippen LogP contribution in [0.3, 0.4) is 0 Å². The number of likely N-dealkylation sites (tertiary alicyclic amines) is 1. The van der Waals surface area contributed by atoms with Gasteiger partial charge in [0.25, 0.3) is 0 Å². The molecule has 0 radical (unpaired) electrons.